The van der Waals surface area contributed by atoms with E-state index in [1.807, 2.05) is 55.1 Å². The molecule has 1 aromatic carbocycles. The molecule has 0 saturated carbocycles. The molecule has 0 aliphatic carbocycles. The average Bonchev–Trinajstić information content (AvgIpc) is 3.43. The smallest absolute Gasteiger partial charge is 0.267 e. The molecule has 3 heterocycles. The van der Waals surface area contributed by atoms with E-state index in [-0.39, 0.29) is 5.91 Å². The van der Waals surface area contributed by atoms with Crippen LogP contribution in [0.4, 0.5) is 5.13 Å². The number of thiophene rings is 1. The van der Waals surface area contributed by atoms with E-state index in [1.54, 1.807) is 10.9 Å². The van der Waals surface area contributed by atoms with Crippen molar-refractivity contribution in [1.82, 2.24) is 14.8 Å². The topological polar surface area (TPSA) is 69.0 Å². The molecule has 0 radical (unpaired) electrons. The maximum absolute atomic E-state index is 12.5. The van der Waals surface area contributed by atoms with Gasteiger partial charge in [0.2, 0.25) is 0 Å². The minimum absolute atomic E-state index is 0.194. The highest BCUT2D eigenvalue weighted by atomic mass is 35.5. The summed E-state index contributed by atoms with van der Waals surface area (Å²) in [5.41, 5.74) is 3.66. The molecule has 0 spiro atoms. The third-order valence-corrected chi connectivity index (χ3v) is 6.21. The fourth-order valence-corrected chi connectivity index (χ4v) is 4.35. The van der Waals surface area contributed by atoms with Crippen molar-refractivity contribution in [2.24, 2.45) is 7.05 Å². The number of hydrogen-bond donors (Lipinski definition) is 1. The van der Waals surface area contributed by atoms with Crippen molar-refractivity contribution in [2.75, 3.05) is 5.32 Å². The Morgan fingerprint density at radius 2 is 2.10 bits per heavy atom. The van der Waals surface area contributed by atoms with Crippen molar-refractivity contribution in [3.63, 3.8) is 0 Å². The molecule has 0 atom stereocenters. The summed E-state index contributed by atoms with van der Waals surface area (Å²) < 4.78 is 7.54. The maximum atomic E-state index is 12.5. The fraction of sp³-hybridized carbons (Fsp3) is 0.150. The van der Waals surface area contributed by atoms with Crippen LogP contribution in [0.1, 0.15) is 20.8 Å². The van der Waals surface area contributed by atoms with Gasteiger partial charge in [-0.2, -0.15) is 5.10 Å². The second-order valence-electron chi connectivity index (χ2n) is 6.37. The van der Waals surface area contributed by atoms with Gasteiger partial charge in [-0.1, -0.05) is 17.7 Å². The maximum Gasteiger partial charge on any atom is 0.267 e. The zero-order chi connectivity index (χ0) is 20.4. The van der Waals surface area contributed by atoms with Crippen LogP contribution in [0.15, 0.2) is 47.3 Å². The molecule has 0 aliphatic rings. The van der Waals surface area contributed by atoms with Gasteiger partial charge < -0.3 is 4.74 Å². The van der Waals surface area contributed by atoms with E-state index in [1.165, 1.54) is 22.7 Å². The summed E-state index contributed by atoms with van der Waals surface area (Å²) in [5.74, 6) is 0.440. The molecule has 0 unspecified atom stereocenters. The molecule has 4 rings (SSSR count). The first-order valence-corrected chi connectivity index (χ1v) is 10.8. The number of benzene rings is 1. The molecular weight excluding hydrogens is 428 g/mol. The number of amides is 1. The van der Waals surface area contributed by atoms with Gasteiger partial charge in [0.25, 0.3) is 5.91 Å². The lowest BCUT2D eigenvalue weighted by Gasteiger charge is -2.07. The Kier molecular flexibility index (Phi) is 5.66. The minimum Gasteiger partial charge on any atom is -0.487 e. The summed E-state index contributed by atoms with van der Waals surface area (Å²) in [7, 11) is 1.85. The molecule has 0 aliphatic heterocycles. The standard InChI is InChI=1S/C20H17ClN4O2S2/c1-12-3-4-14(21)17(7-12)27-9-13-8-18(28-10-13)19(26)24-20-23-15(11-29-20)16-5-6-22-25(16)2/h3-8,10-11H,9H2,1-2H3,(H,23,24,26). The van der Waals surface area contributed by atoms with Crippen molar-refractivity contribution in [3.05, 3.63) is 68.3 Å². The van der Waals surface area contributed by atoms with Gasteiger partial charge in [0.1, 0.15) is 18.1 Å². The van der Waals surface area contributed by atoms with Crippen LogP contribution in [0.3, 0.4) is 0 Å². The highest BCUT2D eigenvalue weighted by Gasteiger charge is 2.14. The molecule has 6 nitrogen and oxygen atoms in total. The van der Waals surface area contributed by atoms with Crippen molar-refractivity contribution in [1.29, 1.82) is 0 Å². The van der Waals surface area contributed by atoms with Gasteiger partial charge in [0.05, 0.1) is 15.6 Å². The Hall–Kier alpha value is -2.68. The number of rotatable bonds is 6. The summed E-state index contributed by atoms with van der Waals surface area (Å²) in [6, 6.07) is 9.34. The van der Waals surface area contributed by atoms with Crippen LogP contribution in [-0.2, 0) is 13.7 Å². The molecule has 4 aromatic rings. The third-order valence-electron chi connectivity index (χ3n) is 4.17. The van der Waals surface area contributed by atoms with E-state index in [0.717, 1.165) is 22.5 Å². The molecule has 0 saturated heterocycles. The number of aromatic nitrogens is 3. The van der Waals surface area contributed by atoms with E-state index in [2.05, 4.69) is 15.4 Å². The Labute approximate surface area is 180 Å². The monoisotopic (exact) mass is 444 g/mol. The second-order valence-corrected chi connectivity index (χ2v) is 8.55. The van der Waals surface area contributed by atoms with Gasteiger partial charge in [-0.15, -0.1) is 22.7 Å². The number of aryl methyl sites for hydroxylation is 2. The van der Waals surface area contributed by atoms with Crippen LogP contribution in [0.2, 0.25) is 5.02 Å². The van der Waals surface area contributed by atoms with Gasteiger partial charge >= 0.3 is 0 Å². The minimum atomic E-state index is -0.194. The van der Waals surface area contributed by atoms with E-state index in [9.17, 15) is 4.79 Å². The van der Waals surface area contributed by atoms with Crippen molar-refractivity contribution < 1.29 is 9.53 Å². The fourth-order valence-electron chi connectivity index (χ4n) is 2.69. The number of anilines is 1. The number of nitrogens with zero attached hydrogens (tertiary/aromatic N) is 3. The first-order chi connectivity index (χ1) is 14.0. The van der Waals surface area contributed by atoms with E-state index in [0.29, 0.717) is 27.4 Å². The molecule has 1 N–H and O–H groups in total. The highest BCUT2D eigenvalue weighted by molar-refractivity contribution is 7.14. The van der Waals surface area contributed by atoms with Crippen LogP contribution in [-0.4, -0.2) is 20.7 Å². The van der Waals surface area contributed by atoms with E-state index < -0.39 is 0 Å². The average molecular weight is 445 g/mol. The van der Waals surface area contributed by atoms with Crippen LogP contribution >= 0.6 is 34.3 Å². The number of carbonyl (C=O) groups is 1. The van der Waals surface area contributed by atoms with Crippen LogP contribution in [0.5, 0.6) is 5.75 Å². The van der Waals surface area contributed by atoms with Crippen molar-refractivity contribution in [3.8, 4) is 17.1 Å². The van der Waals surface area contributed by atoms with Crippen molar-refractivity contribution in [2.45, 2.75) is 13.5 Å². The van der Waals surface area contributed by atoms with Crippen LogP contribution in [0.25, 0.3) is 11.4 Å². The van der Waals surface area contributed by atoms with Gasteiger partial charge in [0, 0.05) is 24.2 Å². The first kappa shape index (κ1) is 19.6. The van der Waals surface area contributed by atoms with E-state index in [4.69, 9.17) is 16.3 Å². The summed E-state index contributed by atoms with van der Waals surface area (Å²) in [6.45, 7) is 2.32. The number of ether oxygens (including phenoxy) is 1. The molecule has 1 amide bonds. The first-order valence-electron chi connectivity index (χ1n) is 8.71. The largest absolute Gasteiger partial charge is 0.487 e. The molecule has 0 bridgehead atoms. The Balaban J connectivity index is 1.39. The van der Waals surface area contributed by atoms with Crippen LogP contribution < -0.4 is 10.1 Å². The van der Waals surface area contributed by atoms with Crippen molar-refractivity contribution >= 4 is 45.3 Å². The lowest BCUT2D eigenvalue weighted by atomic mass is 10.2. The van der Waals surface area contributed by atoms with E-state index >= 15 is 0 Å². The Bertz CT molecular complexity index is 1160. The third kappa shape index (κ3) is 4.50. The molecule has 148 valence electrons. The SMILES string of the molecule is Cc1ccc(Cl)c(OCc2csc(C(=O)Nc3nc(-c4ccnn4C)cs3)c2)c1. The zero-order valence-electron chi connectivity index (χ0n) is 15.7. The predicted molar refractivity (Wildman–Crippen MR) is 117 cm³/mol. The molecule has 0 fully saturated rings. The number of thiazole rings is 1. The molecular formula is C20H17ClN4O2S2. The number of carbonyl (C=O) groups excluding carboxylic acids is 1. The zero-order valence-corrected chi connectivity index (χ0v) is 18.1. The lowest BCUT2D eigenvalue weighted by molar-refractivity contribution is 0.103. The predicted octanol–water partition coefficient (Wildman–Crippen LogP) is 5.40. The molecule has 9 heteroatoms. The number of nitrogens with one attached hydrogen (secondary N) is 1. The normalized spacial score (nSPS) is 10.9. The molecule has 3 aromatic heterocycles. The summed E-state index contributed by atoms with van der Waals surface area (Å²) in [5, 5.41) is 11.9. The van der Waals surface area contributed by atoms with Gasteiger partial charge in [-0.05, 0) is 42.1 Å². The van der Waals surface area contributed by atoms with Crippen LogP contribution in [0, 0.1) is 6.92 Å². The summed E-state index contributed by atoms with van der Waals surface area (Å²) >= 11 is 8.90. The highest BCUT2D eigenvalue weighted by Crippen LogP contribution is 2.28. The second kappa shape index (κ2) is 8.36. The quantitative estimate of drug-likeness (QED) is 0.432. The lowest BCUT2D eigenvalue weighted by Crippen LogP contribution is -2.10. The Morgan fingerprint density at radius 3 is 2.90 bits per heavy atom. The summed E-state index contributed by atoms with van der Waals surface area (Å²) in [4.78, 5) is 17.6. The van der Waals surface area contributed by atoms with Gasteiger partial charge in [0.15, 0.2) is 5.13 Å². The number of halogens is 1. The molecule has 29 heavy (non-hydrogen) atoms. The van der Waals surface area contributed by atoms with Gasteiger partial charge in [-0.3, -0.25) is 14.8 Å². The van der Waals surface area contributed by atoms with Gasteiger partial charge in [-0.25, -0.2) is 4.98 Å². The Morgan fingerprint density at radius 1 is 1.24 bits per heavy atom. The number of hydrogen-bond acceptors (Lipinski definition) is 6. The summed E-state index contributed by atoms with van der Waals surface area (Å²) in [6.07, 6.45) is 1.71.